The molecule has 0 radical (unpaired) electrons. The maximum atomic E-state index is 4.01. The summed E-state index contributed by atoms with van der Waals surface area (Å²) in [6.45, 7) is 0. The van der Waals surface area contributed by atoms with Crippen molar-refractivity contribution in [1.29, 1.82) is 0 Å². The van der Waals surface area contributed by atoms with Crippen LogP contribution in [-0.4, -0.2) is 45.0 Å². The molecule has 0 bridgehead atoms. The van der Waals surface area contributed by atoms with Crippen LogP contribution in [0.1, 0.15) is 0 Å². The lowest BCUT2D eigenvalue weighted by Crippen LogP contribution is -2.04. The highest BCUT2D eigenvalue weighted by Gasteiger charge is 2.08. The molecule has 0 atom stereocenters. The fourth-order valence-electron chi connectivity index (χ4n) is 2.01. The standard InChI is InChI=1S/C12H9N9/c1-4-19(16-13-1)10-7-11(20-5-2-14-17-20)9-12(8-10)21-6-3-15-18-21/h1-9H. The molecule has 3 aromatic heterocycles. The van der Waals surface area contributed by atoms with Crippen LogP contribution in [0.25, 0.3) is 17.1 Å². The van der Waals surface area contributed by atoms with Gasteiger partial charge in [-0.2, -0.15) is 0 Å². The van der Waals surface area contributed by atoms with Crippen LogP contribution in [0.5, 0.6) is 0 Å². The highest BCUT2D eigenvalue weighted by Crippen LogP contribution is 2.18. The summed E-state index contributed by atoms with van der Waals surface area (Å²) in [5, 5.41) is 23.5. The predicted molar refractivity (Wildman–Crippen MR) is 71.2 cm³/mol. The lowest BCUT2D eigenvalue weighted by molar-refractivity contribution is 0.770. The first kappa shape index (κ1) is 11.5. The first-order chi connectivity index (χ1) is 10.4. The van der Waals surface area contributed by atoms with E-state index in [-0.39, 0.29) is 0 Å². The molecular weight excluding hydrogens is 270 g/mol. The maximum Gasteiger partial charge on any atom is 0.0706 e. The van der Waals surface area contributed by atoms with E-state index in [1.54, 1.807) is 51.2 Å². The number of rotatable bonds is 3. The average molecular weight is 279 g/mol. The second-order valence-electron chi connectivity index (χ2n) is 4.25. The smallest absolute Gasteiger partial charge is 0.0706 e. The Kier molecular flexibility index (Phi) is 2.53. The number of benzene rings is 1. The fourth-order valence-corrected chi connectivity index (χ4v) is 2.01. The molecule has 0 spiro atoms. The van der Waals surface area contributed by atoms with Crippen molar-refractivity contribution in [2.45, 2.75) is 0 Å². The molecule has 0 aliphatic carbocycles. The minimum atomic E-state index is 0.839. The molecule has 4 aromatic rings. The van der Waals surface area contributed by atoms with Crippen LogP contribution in [-0.2, 0) is 0 Å². The van der Waals surface area contributed by atoms with Crippen LogP contribution in [0.4, 0.5) is 0 Å². The van der Waals surface area contributed by atoms with Gasteiger partial charge in [-0.1, -0.05) is 15.6 Å². The zero-order valence-corrected chi connectivity index (χ0v) is 10.7. The summed E-state index contributed by atoms with van der Waals surface area (Å²) in [6, 6.07) is 5.80. The van der Waals surface area contributed by atoms with Crippen molar-refractivity contribution in [2.24, 2.45) is 0 Å². The largest absolute Gasteiger partial charge is 0.221 e. The topological polar surface area (TPSA) is 92.1 Å². The van der Waals surface area contributed by atoms with E-state index in [2.05, 4.69) is 30.9 Å². The Morgan fingerprint density at radius 1 is 0.524 bits per heavy atom. The molecule has 0 saturated carbocycles. The van der Waals surface area contributed by atoms with Crippen LogP contribution in [0.15, 0.2) is 55.4 Å². The number of nitrogens with zero attached hydrogens (tertiary/aromatic N) is 9. The van der Waals surface area contributed by atoms with Gasteiger partial charge in [-0.3, -0.25) is 0 Å². The average Bonchev–Trinajstić information content (AvgIpc) is 3.29. The van der Waals surface area contributed by atoms with Gasteiger partial charge in [-0.25, -0.2) is 14.0 Å². The van der Waals surface area contributed by atoms with E-state index in [1.165, 1.54) is 0 Å². The molecule has 0 saturated heterocycles. The molecule has 0 unspecified atom stereocenters. The molecule has 3 heterocycles. The molecular formula is C12H9N9. The molecule has 4 rings (SSSR count). The molecule has 102 valence electrons. The maximum absolute atomic E-state index is 4.01. The Morgan fingerprint density at radius 3 is 1.10 bits per heavy atom. The zero-order valence-electron chi connectivity index (χ0n) is 10.7. The predicted octanol–water partition coefficient (Wildman–Crippen LogP) is 0.429. The van der Waals surface area contributed by atoms with E-state index in [4.69, 9.17) is 0 Å². The Hall–Kier alpha value is -3.36. The summed E-state index contributed by atoms with van der Waals surface area (Å²) in [5.74, 6) is 0. The van der Waals surface area contributed by atoms with Gasteiger partial charge in [-0.05, 0) is 18.2 Å². The number of aromatic nitrogens is 9. The molecule has 9 heteroatoms. The second-order valence-corrected chi connectivity index (χ2v) is 4.25. The van der Waals surface area contributed by atoms with Gasteiger partial charge in [0.1, 0.15) is 0 Å². The molecule has 0 N–H and O–H groups in total. The van der Waals surface area contributed by atoms with E-state index >= 15 is 0 Å². The van der Waals surface area contributed by atoms with Crippen LogP contribution in [0.3, 0.4) is 0 Å². The SMILES string of the molecule is c1cn(-c2cc(-n3ccnn3)cc(-n3ccnn3)c2)nn1. The van der Waals surface area contributed by atoms with Crippen molar-refractivity contribution in [1.82, 2.24) is 45.0 Å². The fraction of sp³-hybridized carbons (Fsp3) is 0. The Morgan fingerprint density at radius 2 is 0.857 bits per heavy atom. The summed E-state index contributed by atoms with van der Waals surface area (Å²) in [6.07, 6.45) is 10.2. The van der Waals surface area contributed by atoms with Crippen LogP contribution in [0, 0.1) is 0 Å². The summed E-state index contributed by atoms with van der Waals surface area (Å²) in [4.78, 5) is 0. The highest BCUT2D eigenvalue weighted by atomic mass is 15.4. The third-order valence-corrected chi connectivity index (χ3v) is 2.95. The molecule has 9 nitrogen and oxygen atoms in total. The Bertz CT molecular complexity index is 704. The van der Waals surface area contributed by atoms with Gasteiger partial charge >= 0.3 is 0 Å². The van der Waals surface area contributed by atoms with Gasteiger partial charge in [0.15, 0.2) is 0 Å². The number of hydrogen-bond acceptors (Lipinski definition) is 6. The first-order valence-electron chi connectivity index (χ1n) is 6.15. The second kappa shape index (κ2) is 4.63. The van der Waals surface area contributed by atoms with Crippen molar-refractivity contribution in [3.05, 3.63) is 55.4 Å². The van der Waals surface area contributed by atoms with E-state index in [1.807, 2.05) is 18.2 Å². The monoisotopic (exact) mass is 279 g/mol. The van der Waals surface area contributed by atoms with E-state index < -0.39 is 0 Å². The minimum Gasteiger partial charge on any atom is -0.221 e. The Labute approximate surface area is 118 Å². The lowest BCUT2D eigenvalue weighted by Gasteiger charge is -2.09. The third-order valence-electron chi connectivity index (χ3n) is 2.95. The van der Waals surface area contributed by atoms with Gasteiger partial charge in [0.25, 0.3) is 0 Å². The van der Waals surface area contributed by atoms with Gasteiger partial charge < -0.3 is 0 Å². The summed E-state index contributed by atoms with van der Waals surface area (Å²) >= 11 is 0. The van der Waals surface area contributed by atoms with Crippen LogP contribution >= 0.6 is 0 Å². The minimum absolute atomic E-state index is 0.839. The van der Waals surface area contributed by atoms with E-state index in [0.29, 0.717) is 0 Å². The van der Waals surface area contributed by atoms with Gasteiger partial charge in [0.05, 0.1) is 54.2 Å². The Balaban J connectivity index is 1.92. The molecule has 1 aromatic carbocycles. The van der Waals surface area contributed by atoms with Crippen LogP contribution < -0.4 is 0 Å². The normalized spacial score (nSPS) is 10.9. The van der Waals surface area contributed by atoms with Gasteiger partial charge in [0, 0.05) is 0 Å². The zero-order chi connectivity index (χ0) is 14.1. The van der Waals surface area contributed by atoms with Crippen molar-refractivity contribution in [2.75, 3.05) is 0 Å². The van der Waals surface area contributed by atoms with Crippen molar-refractivity contribution < 1.29 is 0 Å². The highest BCUT2D eigenvalue weighted by molar-refractivity contribution is 5.52. The quantitative estimate of drug-likeness (QED) is 0.540. The third kappa shape index (κ3) is 2.06. The lowest BCUT2D eigenvalue weighted by atomic mass is 10.2. The van der Waals surface area contributed by atoms with Gasteiger partial charge in [0.2, 0.25) is 0 Å². The van der Waals surface area contributed by atoms with Crippen LogP contribution in [0.2, 0.25) is 0 Å². The molecule has 0 aliphatic heterocycles. The van der Waals surface area contributed by atoms with Crippen molar-refractivity contribution in [3.63, 3.8) is 0 Å². The summed E-state index contributed by atoms with van der Waals surface area (Å²) in [5.41, 5.74) is 2.52. The molecule has 21 heavy (non-hydrogen) atoms. The van der Waals surface area contributed by atoms with E-state index in [0.717, 1.165) is 17.1 Å². The molecule has 0 amide bonds. The number of hydrogen-bond donors (Lipinski definition) is 0. The summed E-state index contributed by atoms with van der Waals surface area (Å²) < 4.78 is 5.00. The first-order valence-corrected chi connectivity index (χ1v) is 6.15. The molecule has 0 aliphatic rings. The summed E-state index contributed by atoms with van der Waals surface area (Å²) in [7, 11) is 0. The van der Waals surface area contributed by atoms with Gasteiger partial charge in [-0.15, -0.1) is 15.3 Å². The molecule has 0 fully saturated rings. The van der Waals surface area contributed by atoms with Crippen molar-refractivity contribution in [3.8, 4) is 17.1 Å². The van der Waals surface area contributed by atoms with Crippen molar-refractivity contribution >= 4 is 0 Å². The van der Waals surface area contributed by atoms with E-state index in [9.17, 15) is 0 Å².